The number of aliphatic hydroxyl groups excluding tert-OH is 2. The first-order chi connectivity index (χ1) is 16.0. The summed E-state index contributed by atoms with van der Waals surface area (Å²) < 4.78 is 0. The summed E-state index contributed by atoms with van der Waals surface area (Å²) in [6, 6.07) is 6.77. The second-order valence-electron chi connectivity index (χ2n) is 10.9. The van der Waals surface area contributed by atoms with Crippen LogP contribution in [0.5, 0.6) is 0 Å². The third kappa shape index (κ3) is 6.85. The molecule has 8 heteroatoms. The fraction of sp³-hybridized carbons (Fsp3) is 0.692. The van der Waals surface area contributed by atoms with Gasteiger partial charge < -0.3 is 31.5 Å². The predicted molar refractivity (Wildman–Crippen MR) is 132 cm³/mol. The zero-order valence-corrected chi connectivity index (χ0v) is 21.0. The minimum atomic E-state index is -0.662. The largest absolute Gasteiger partial charge is 0.391 e. The zero-order chi connectivity index (χ0) is 24.9. The third-order valence-electron chi connectivity index (χ3n) is 7.25. The van der Waals surface area contributed by atoms with E-state index in [2.05, 4.69) is 21.3 Å². The maximum atomic E-state index is 12.7. The van der Waals surface area contributed by atoms with Gasteiger partial charge in [-0.1, -0.05) is 49.9 Å². The lowest BCUT2D eigenvalue weighted by atomic mass is 9.87. The first kappa shape index (κ1) is 26.3. The highest BCUT2D eigenvalue weighted by Gasteiger charge is 2.31. The topological polar surface area (TPSA) is 123 Å². The molecule has 2 aliphatic rings. The van der Waals surface area contributed by atoms with Gasteiger partial charge in [0, 0.05) is 0 Å². The first-order valence-electron chi connectivity index (χ1n) is 12.6. The van der Waals surface area contributed by atoms with Crippen molar-refractivity contribution in [1.29, 1.82) is 0 Å². The third-order valence-corrected chi connectivity index (χ3v) is 7.25. The highest BCUT2D eigenvalue weighted by Crippen LogP contribution is 2.27. The molecule has 2 aliphatic carbocycles. The van der Waals surface area contributed by atoms with Crippen molar-refractivity contribution in [3.8, 4) is 0 Å². The van der Waals surface area contributed by atoms with Gasteiger partial charge in [0.25, 0.3) is 0 Å². The van der Waals surface area contributed by atoms with Gasteiger partial charge in [0.1, 0.15) is 0 Å². The van der Waals surface area contributed by atoms with Gasteiger partial charge in [-0.05, 0) is 64.5 Å². The molecule has 2 fully saturated rings. The number of amides is 4. The number of hydrogen-bond donors (Lipinski definition) is 6. The molecule has 0 spiro atoms. The minimum absolute atomic E-state index is 0.222. The minimum Gasteiger partial charge on any atom is -0.391 e. The molecule has 34 heavy (non-hydrogen) atoms. The number of aliphatic hydroxyl groups is 2. The molecule has 3 rings (SSSR count). The Morgan fingerprint density at radius 1 is 0.735 bits per heavy atom. The summed E-state index contributed by atoms with van der Waals surface area (Å²) in [5, 5.41) is 32.2. The van der Waals surface area contributed by atoms with Crippen LogP contribution >= 0.6 is 0 Å². The Bertz CT molecular complexity index is 792. The van der Waals surface area contributed by atoms with Crippen LogP contribution in [0.25, 0.3) is 0 Å². The Morgan fingerprint density at radius 2 is 1.12 bits per heavy atom. The molecule has 190 valence electrons. The summed E-state index contributed by atoms with van der Waals surface area (Å²) >= 11 is 0. The predicted octanol–water partition coefficient (Wildman–Crippen LogP) is 3.36. The lowest BCUT2D eigenvalue weighted by Gasteiger charge is -2.34. The Labute approximate surface area is 203 Å². The monoisotopic (exact) mass is 474 g/mol. The van der Waals surface area contributed by atoms with Gasteiger partial charge in [0.2, 0.25) is 0 Å². The lowest BCUT2D eigenvalue weighted by Crippen LogP contribution is -2.53. The van der Waals surface area contributed by atoms with Crippen LogP contribution < -0.4 is 21.3 Å². The average molecular weight is 475 g/mol. The van der Waals surface area contributed by atoms with E-state index in [0.29, 0.717) is 12.8 Å². The second-order valence-corrected chi connectivity index (χ2v) is 10.9. The lowest BCUT2D eigenvalue weighted by molar-refractivity contribution is 0.0935. The van der Waals surface area contributed by atoms with Crippen LogP contribution in [0.4, 0.5) is 9.59 Å². The van der Waals surface area contributed by atoms with Crippen molar-refractivity contribution in [2.45, 2.75) is 114 Å². The fourth-order valence-electron chi connectivity index (χ4n) is 4.98. The Hall–Kier alpha value is -2.32. The number of hydrogen-bond acceptors (Lipinski definition) is 4. The molecule has 0 saturated heterocycles. The van der Waals surface area contributed by atoms with Gasteiger partial charge in [-0.15, -0.1) is 0 Å². The summed E-state index contributed by atoms with van der Waals surface area (Å²) in [6.07, 6.45) is 5.97. The standard InChI is InChI=1S/C26H42N4O4/c1-25(2,29-23(33)27-19-12-5-7-14-21(19)31)17-10-9-11-18(16-17)26(3,4)30-24(34)28-20-13-6-8-15-22(20)32/h9-11,16,19-22,31-32H,5-8,12-15H2,1-4H3,(H2,27,29,33)(H2,28,30,34)/t19-,20+,21+,22-. The molecule has 6 N–H and O–H groups in total. The molecule has 0 aliphatic heterocycles. The maximum Gasteiger partial charge on any atom is 0.315 e. The van der Waals surface area contributed by atoms with Crippen LogP contribution in [0.15, 0.2) is 24.3 Å². The van der Waals surface area contributed by atoms with Crippen molar-refractivity contribution in [3.05, 3.63) is 35.4 Å². The van der Waals surface area contributed by atoms with Gasteiger partial charge in [-0.3, -0.25) is 0 Å². The van der Waals surface area contributed by atoms with E-state index in [1.54, 1.807) is 0 Å². The van der Waals surface area contributed by atoms with Gasteiger partial charge >= 0.3 is 12.1 Å². The molecular formula is C26H42N4O4. The number of carbonyl (C=O) groups is 2. The molecule has 1 aromatic carbocycles. The SMILES string of the molecule is CC(C)(NC(=O)N[C@H]1CCCC[C@H]1O)c1cccc(C(C)(C)NC(=O)N[C@@H]2CCCC[C@@H]2O)c1. The van der Waals surface area contributed by atoms with Crippen molar-refractivity contribution in [2.24, 2.45) is 0 Å². The number of rotatable bonds is 6. The number of benzene rings is 1. The van der Waals surface area contributed by atoms with Crippen LogP contribution in [0.3, 0.4) is 0 Å². The average Bonchev–Trinajstić information content (AvgIpc) is 2.76. The highest BCUT2D eigenvalue weighted by atomic mass is 16.3. The normalized spacial score (nSPS) is 25.8. The molecule has 0 bridgehead atoms. The maximum absolute atomic E-state index is 12.7. The van der Waals surface area contributed by atoms with Crippen LogP contribution in [0, 0.1) is 0 Å². The summed E-state index contributed by atoms with van der Waals surface area (Å²) in [7, 11) is 0. The Balaban J connectivity index is 1.63. The van der Waals surface area contributed by atoms with E-state index < -0.39 is 23.3 Å². The summed E-state index contributed by atoms with van der Waals surface area (Å²) in [4.78, 5) is 25.3. The molecule has 0 aromatic heterocycles. The highest BCUT2D eigenvalue weighted by molar-refractivity contribution is 5.76. The van der Waals surface area contributed by atoms with E-state index in [0.717, 1.165) is 49.7 Å². The van der Waals surface area contributed by atoms with Crippen molar-refractivity contribution in [2.75, 3.05) is 0 Å². The van der Waals surface area contributed by atoms with Crippen LogP contribution in [0.1, 0.15) is 90.2 Å². The molecule has 0 radical (unpaired) electrons. The summed E-state index contributed by atoms with van der Waals surface area (Å²) in [5.74, 6) is 0. The Kier molecular flexibility index (Phi) is 8.47. The second kappa shape index (κ2) is 11.0. The molecule has 4 atom stereocenters. The van der Waals surface area contributed by atoms with E-state index >= 15 is 0 Å². The van der Waals surface area contributed by atoms with Gasteiger partial charge in [-0.2, -0.15) is 0 Å². The van der Waals surface area contributed by atoms with Crippen molar-refractivity contribution in [1.82, 2.24) is 21.3 Å². The molecule has 8 nitrogen and oxygen atoms in total. The van der Waals surface area contributed by atoms with Crippen molar-refractivity contribution < 1.29 is 19.8 Å². The van der Waals surface area contributed by atoms with Gasteiger partial charge in [0.15, 0.2) is 0 Å². The van der Waals surface area contributed by atoms with E-state index in [-0.39, 0.29) is 24.1 Å². The van der Waals surface area contributed by atoms with E-state index in [1.807, 2.05) is 52.0 Å². The fourth-order valence-corrected chi connectivity index (χ4v) is 4.98. The number of carbonyl (C=O) groups excluding carboxylic acids is 2. The van der Waals surface area contributed by atoms with Crippen LogP contribution in [-0.2, 0) is 11.1 Å². The quantitative estimate of drug-likeness (QED) is 0.378. The van der Waals surface area contributed by atoms with E-state index in [9.17, 15) is 19.8 Å². The molecule has 0 heterocycles. The van der Waals surface area contributed by atoms with Gasteiger partial charge in [-0.25, -0.2) is 9.59 Å². The van der Waals surface area contributed by atoms with E-state index in [1.165, 1.54) is 0 Å². The van der Waals surface area contributed by atoms with Crippen molar-refractivity contribution in [3.63, 3.8) is 0 Å². The zero-order valence-electron chi connectivity index (χ0n) is 21.0. The molecular weight excluding hydrogens is 432 g/mol. The van der Waals surface area contributed by atoms with Gasteiger partial charge in [0.05, 0.1) is 35.4 Å². The molecule has 2 saturated carbocycles. The van der Waals surface area contributed by atoms with Crippen LogP contribution in [0.2, 0.25) is 0 Å². The van der Waals surface area contributed by atoms with Crippen molar-refractivity contribution >= 4 is 12.1 Å². The first-order valence-corrected chi connectivity index (χ1v) is 12.6. The van der Waals surface area contributed by atoms with Crippen LogP contribution in [-0.4, -0.2) is 46.6 Å². The number of nitrogens with one attached hydrogen (secondary N) is 4. The molecule has 0 unspecified atom stereocenters. The molecule has 1 aromatic rings. The van der Waals surface area contributed by atoms with E-state index in [4.69, 9.17) is 0 Å². The summed E-state index contributed by atoms with van der Waals surface area (Å²) in [5.41, 5.74) is 0.485. The number of urea groups is 2. The Morgan fingerprint density at radius 3 is 1.50 bits per heavy atom. The summed E-state index contributed by atoms with van der Waals surface area (Å²) in [6.45, 7) is 7.72. The smallest absolute Gasteiger partial charge is 0.315 e. The molecule has 4 amide bonds.